The molecular formula is C13H17N5O2. The number of aryl methyl sites for hydroxylation is 2. The minimum Gasteiger partial charge on any atom is -0.351 e. The fourth-order valence-electron chi connectivity index (χ4n) is 1.88. The third-order valence-electron chi connectivity index (χ3n) is 2.98. The Morgan fingerprint density at radius 2 is 2.25 bits per heavy atom. The van der Waals surface area contributed by atoms with Crippen molar-refractivity contribution in [2.24, 2.45) is 7.05 Å². The number of H-pyrrole nitrogens is 1. The highest BCUT2D eigenvalue weighted by molar-refractivity contribution is 5.99. The van der Waals surface area contributed by atoms with Gasteiger partial charge in [0.15, 0.2) is 5.78 Å². The molecule has 1 amide bonds. The minimum atomic E-state index is -0.183. The van der Waals surface area contributed by atoms with Crippen LogP contribution in [-0.2, 0) is 13.5 Å². The monoisotopic (exact) mass is 275 g/mol. The number of aromatic amines is 1. The lowest BCUT2D eigenvalue weighted by Crippen LogP contribution is -2.26. The molecule has 0 aliphatic heterocycles. The van der Waals surface area contributed by atoms with Gasteiger partial charge in [-0.15, -0.1) is 0 Å². The van der Waals surface area contributed by atoms with Gasteiger partial charge in [0.25, 0.3) is 5.91 Å². The molecule has 2 heterocycles. The third kappa shape index (κ3) is 3.31. The Balaban J connectivity index is 1.84. The average molecular weight is 275 g/mol. The summed E-state index contributed by atoms with van der Waals surface area (Å²) in [4.78, 5) is 27.3. The van der Waals surface area contributed by atoms with Crippen LogP contribution in [0.5, 0.6) is 0 Å². The topological polar surface area (TPSA) is 92.7 Å². The molecule has 0 aliphatic rings. The van der Waals surface area contributed by atoms with E-state index in [-0.39, 0.29) is 11.7 Å². The number of amides is 1. The normalized spacial score (nSPS) is 10.5. The zero-order chi connectivity index (χ0) is 14.5. The van der Waals surface area contributed by atoms with Gasteiger partial charge in [0.05, 0.1) is 0 Å². The Morgan fingerprint density at radius 3 is 2.85 bits per heavy atom. The van der Waals surface area contributed by atoms with E-state index in [4.69, 9.17) is 0 Å². The number of aromatic nitrogens is 4. The lowest BCUT2D eigenvalue weighted by atomic mass is 10.2. The Bertz CT molecular complexity index is 600. The molecule has 2 aromatic heterocycles. The van der Waals surface area contributed by atoms with Crippen molar-refractivity contribution >= 4 is 11.7 Å². The molecule has 2 rings (SSSR count). The highest BCUT2D eigenvalue weighted by Gasteiger charge is 2.13. The summed E-state index contributed by atoms with van der Waals surface area (Å²) < 4.78 is 1.66. The number of nitrogens with zero attached hydrogens (tertiary/aromatic N) is 3. The summed E-state index contributed by atoms with van der Waals surface area (Å²) >= 11 is 0. The van der Waals surface area contributed by atoms with Gasteiger partial charge >= 0.3 is 0 Å². The highest BCUT2D eigenvalue weighted by Crippen LogP contribution is 2.08. The van der Waals surface area contributed by atoms with Crippen molar-refractivity contribution in [3.8, 4) is 0 Å². The van der Waals surface area contributed by atoms with Crippen LogP contribution in [0.2, 0.25) is 0 Å². The number of rotatable bonds is 6. The van der Waals surface area contributed by atoms with Crippen LogP contribution in [0.1, 0.15) is 40.0 Å². The van der Waals surface area contributed by atoms with Gasteiger partial charge in [-0.2, -0.15) is 5.10 Å². The Morgan fingerprint density at radius 1 is 1.45 bits per heavy atom. The summed E-state index contributed by atoms with van der Waals surface area (Å²) in [6.07, 6.45) is 4.62. The molecule has 2 aromatic rings. The van der Waals surface area contributed by atoms with Gasteiger partial charge in [0, 0.05) is 31.8 Å². The number of hydrogen-bond acceptors (Lipinski definition) is 4. The molecule has 0 unspecified atom stereocenters. The summed E-state index contributed by atoms with van der Waals surface area (Å²) in [6.45, 7) is 2.02. The lowest BCUT2D eigenvalue weighted by molar-refractivity contribution is 0.0944. The number of nitrogens with one attached hydrogen (secondary N) is 2. The second kappa shape index (κ2) is 6.14. The van der Waals surface area contributed by atoms with Crippen LogP contribution in [0.15, 0.2) is 18.6 Å². The molecule has 0 atom stereocenters. The first-order valence-corrected chi connectivity index (χ1v) is 6.37. The van der Waals surface area contributed by atoms with E-state index in [2.05, 4.69) is 20.5 Å². The predicted molar refractivity (Wildman–Crippen MR) is 72.5 cm³/mol. The van der Waals surface area contributed by atoms with Crippen LogP contribution in [0.4, 0.5) is 0 Å². The van der Waals surface area contributed by atoms with Crippen LogP contribution >= 0.6 is 0 Å². The molecule has 7 heteroatoms. The van der Waals surface area contributed by atoms with Crippen molar-refractivity contribution in [2.75, 3.05) is 6.54 Å². The molecule has 0 saturated carbocycles. The first kappa shape index (κ1) is 14.0. The molecule has 7 nitrogen and oxygen atoms in total. The molecule has 0 aliphatic carbocycles. The maximum Gasteiger partial charge on any atom is 0.267 e. The van der Waals surface area contributed by atoms with Crippen LogP contribution in [-0.4, -0.2) is 38.0 Å². The van der Waals surface area contributed by atoms with Crippen LogP contribution < -0.4 is 5.32 Å². The van der Waals surface area contributed by atoms with E-state index in [1.54, 1.807) is 23.9 Å². The van der Waals surface area contributed by atoms with Crippen molar-refractivity contribution in [1.29, 1.82) is 0 Å². The van der Waals surface area contributed by atoms with E-state index in [0.717, 1.165) is 18.7 Å². The van der Waals surface area contributed by atoms with Gasteiger partial charge in [0.2, 0.25) is 0 Å². The quantitative estimate of drug-likeness (QED) is 0.600. The van der Waals surface area contributed by atoms with Gasteiger partial charge in [-0.25, -0.2) is 4.98 Å². The van der Waals surface area contributed by atoms with E-state index in [1.807, 2.05) is 0 Å². The molecule has 0 radical (unpaired) electrons. The predicted octanol–water partition coefficient (Wildman–Crippen LogP) is 0.708. The Labute approximate surface area is 116 Å². The smallest absolute Gasteiger partial charge is 0.267 e. The minimum absolute atomic E-state index is 0.0510. The van der Waals surface area contributed by atoms with Crippen molar-refractivity contribution in [3.63, 3.8) is 0 Å². The van der Waals surface area contributed by atoms with Crippen molar-refractivity contribution in [1.82, 2.24) is 25.1 Å². The maximum absolute atomic E-state index is 12.0. The number of carbonyl (C=O) groups is 2. The van der Waals surface area contributed by atoms with Gasteiger partial charge in [-0.05, 0) is 19.4 Å². The standard InChI is InChI=1S/C13H17N5O2/c1-9(19)10-6-11(18(2)7-10)13(20)14-5-3-4-12-15-8-16-17-12/h6-8H,3-5H2,1-2H3,(H,14,20)(H,15,16,17). The van der Waals surface area contributed by atoms with E-state index in [0.29, 0.717) is 17.8 Å². The van der Waals surface area contributed by atoms with Gasteiger partial charge < -0.3 is 9.88 Å². The maximum atomic E-state index is 12.0. The fraction of sp³-hybridized carbons (Fsp3) is 0.385. The second-order valence-electron chi connectivity index (χ2n) is 4.57. The molecule has 20 heavy (non-hydrogen) atoms. The van der Waals surface area contributed by atoms with Crippen molar-refractivity contribution in [3.05, 3.63) is 35.7 Å². The van der Waals surface area contributed by atoms with Crippen molar-refractivity contribution in [2.45, 2.75) is 19.8 Å². The number of carbonyl (C=O) groups excluding carboxylic acids is 2. The van der Waals surface area contributed by atoms with E-state index in [1.165, 1.54) is 13.3 Å². The third-order valence-corrected chi connectivity index (χ3v) is 2.98. The van der Waals surface area contributed by atoms with E-state index in [9.17, 15) is 9.59 Å². The molecule has 2 N–H and O–H groups in total. The summed E-state index contributed by atoms with van der Waals surface area (Å²) in [6, 6.07) is 1.61. The van der Waals surface area contributed by atoms with Gasteiger partial charge in [0.1, 0.15) is 17.8 Å². The molecule has 106 valence electrons. The zero-order valence-electron chi connectivity index (χ0n) is 11.5. The fourth-order valence-corrected chi connectivity index (χ4v) is 1.88. The molecule has 0 spiro atoms. The van der Waals surface area contributed by atoms with Gasteiger partial charge in [-0.1, -0.05) is 0 Å². The van der Waals surface area contributed by atoms with Gasteiger partial charge in [-0.3, -0.25) is 14.7 Å². The summed E-state index contributed by atoms with van der Waals surface area (Å²) in [5, 5.41) is 9.34. The molecular weight excluding hydrogens is 258 g/mol. The van der Waals surface area contributed by atoms with Crippen LogP contribution in [0.25, 0.3) is 0 Å². The first-order valence-electron chi connectivity index (χ1n) is 6.37. The summed E-state index contributed by atoms with van der Waals surface area (Å²) in [5.41, 5.74) is 1.02. The van der Waals surface area contributed by atoms with E-state index >= 15 is 0 Å². The SMILES string of the molecule is CC(=O)c1cc(C(=O)NCCCc2ncn[nH]2)n(C)c1. The van der Waals surface area contributed by atoms with Crippen LogP contribution in [0, 0.1) is 0 Å². The van der Waals surface area contributed by atoms with Crippen LogP contribution in [0.3, 0.4) is 0 Å². The number of ketones is 1. The highest BCUT2D eigenvalue weighted by atomic mass is 16.2. The lowest BCUT2D eigenvalue weighted by Gasteiger charge is -2.05. The molecule has 0 aromatic carbocycles. The second-order valence-corrected chi connectivity index (χ2v) is 4.57. The average Bonchev–Trinajstić information content (AvgIpc) is 3.03. The number of Topliss-reactive ketones (excluding diaryl/α,β-unsaturated/α-hetero) is 1. The molecule has 0 bridgehead atoms. The Kier molecular flexibility index (Phi) is 4.29. The van der Waals surface area contributed by atoms with Crippen molar-refractivity contribution < 1.29 is 9.59 Å². The molecule has 0 saturated heterocycles. The van der Waals surface area contributed by atoms with E-state index < -0.39 is 0 Å². The Hall–Kier alpha value is -2.44. The zero-order valence-corrected chi connectivity index (χ0v) is 11.5. The largest absolute Gasteiger partial charge is 0.351 e. The number of hydrogen-bond donors (Lipinski definition) is 2. The first-order chi connectivity index (χ1) is 9.58. The molecule has 0 fully saturated rings. The summed E-state index contributed by atoms with van der Waals surface area (Å²) in [5.74, 6) is 0.569. The summed E-state index contributed by atoms with van der Waals surface area (Å²) in [7, 11) is 1.75.